The van der Waals surface area contributed by atoms with Crippen LogP contribution in [-0.4, -0.2) is 27.6 Å². The van der Waals surface area contributed by atoms with Gasteiger partial charge in [-0.15, -0.1) is 0 Å². The molecule has 0 unspecified atom stereocenters. The van der Waals surface area contributed by atoms with E-state index in [-0.39, 0.29) is 5.75 Å². The Morgan fingerprint density at radius 2 is 2.13 bits per heavy atom. The highest BCUT2D eigenvalue weighted by Gasteiger charge is 2.13. The molecular formula is C16H19BrN2O4. The Kier molecular flexibility index (Phi) is 5.65. The lowest BCUT2D eigenvalue weighted by atomic mass is 10.2. The maximum Gasteiger partial charge on any atom is 0.511 e. The van der Waals surface area contributed by atoms with Gasteiger partial charge in [-0.2, -0.15) is 5.10 Å². The highest BCUT2D eigenvalue weighted by atomic mass is 79.9. The molecule has 2 rings (SSSR count). The number of rotatable bonds is 6. The van der Waals surface area contributed by atoms with E-state index in [1.165, 1.54) is 6.20 Å². The third kappa shape index (κ3) is 4.72. The second kappa shape index (κ2) is 7.50. The summed E-state index contributed by atoms with van der Waals surface area (Å²) in [6.07, 6.45) is 0.0480. The monoisotopic (exact) mass is 382 g/mol. The van der Waals surface area contributed by atoms with Crippen LogP contribution in [0.25, 0.3) is 0 Å². The zero-order valence-electron chi connectivity index (χ0n) is 13.2. The highest BCUT2D eigenvalue weighted by molar-refractivity contribution is 9.10. The van der Waals surface area contributed by atoms with E-state index in [0.717, 1.165) is 15.8 Å². The summed E-state index contributed by atoms with van der Waals surface area (Å²) in [7, 11) is 0. The zero-order valence-corrected chi connectivity index (χ0v) is 14.8. The summed E-state index contributed by atoms with van der Waals surface area (Å²) in [6, 6.07) is 5.80. The van der Waals surface area contributed by atoms with Gasteiger partial charge in [-0.25, -0.2) is 4.79 Å². The molecule has 23 heavy (non-hydrogen) atoms. The van der Waals surface area contributed by atoms with Crippen LogP contribution in [0.4, 0.5) is 4.79 Å². The quantitative estimate of drug-likeness (QED) is 0.761. The predicted molar refractivity (Wildman–Crippen MR) is 89.2 cm³/mol. The molecule has 1 heterocycles. The molecule has 2 aromatic rings. The number of aromatic nitrogens is 2. The smallest absolute Gasteiger partial charge is 0.493 e. The Morgan fingerprint density at radius 1 is 1.39 bits per heavy atom. The molecule has 0 atom stereocenters. The standard InChI is InChI=1S/C16H19BrN2O4/c1-10(2)9-22-14-5-4-13(17)6-12(14)8-19-11(3)15(7-18-19)23-16(20)21/h4-7,10H,8-9H2,1-3H3,(H,20,21). The van der Waals surface area contributed by atoms with Gasteiger partial charge in [-0.3, -0.25) is 4.68 Å². The zero-order chi connectivity index (χ0) is 17.0. The summed E-state index contributed by atoms with van der Waals surface area (Å²) >= 11 is 3.46. The number of hydrogen-bond donors (Lipinski definition) is 1. The van der Waals surface area contributed by atoms with E-state index in [4.69, 9.17) is 9.84 Å². The van der Waals surface area contributed by atoms with Gasteiger partial charge >= 0.3 is 6.16 Å². The third-order valence-electron chi connectivity index (χ3n) is 3.17. The normalized spacial score (nSPS) is 10.8. The lowest BCUT2D eigenvalue weighted by Crippen LogP contribution is -2.10. The molecule has 0 saturated heterocycles. The van der Waals surface area contributed by atoms with Gasteiger partial charge in [-0.05, 0) is 31.0 Å². The Morgan fingerprint density at radius 3 is 2.78 bits per heavy atom. The van der Waals surface area contributed by atoms with Crippen LogP contribution in [0.5, 0.6) is 11.5 Å². The molecule has 0 aliphatic rings. The number of carbonyl (C=O) groups is 1. The minimum atomic E-state index is -1.35. The molecule has 0 fully saturated rings. The first-order valence-corrected chi connectivity index (χ1v) is 8.00. The fourth-order valence-electron chi connectivity index (χ4n) is 2.01. The molecule has 0 aliphatic heterocycles. The largest absolute Gasteiger partial charge is 0.511 e. The molecule has 124 valence electrons. The first-order valence-electron chi connectivity index (χ1n) is 7.21. The van der Waals surface area contributed by atoms with Gasteiger partial charge < -0.3 is 14.6 Å². The summed E-state index contributed by atoms with van der Waals surface area (Å²) in [4.78, 5) is 10.7. The maximum atomic E-state index is 10.7. The van der Waals surface area contributed by atoms with Crippen molar-refractivity contribution >= 4 is 22.1 Å². The van der Waals surface area contributed by atoms with Crippen LogP contribution in [-0.2, 0) is 6.54 Å². The SMILES string of the molecule is Cc1c(OC(=O)O)cnn1Cc1cc(Br)ccc1OCC(C)C. The van der Waals surface area contributed by atoms with Crippen molar-refractivity contribution in [2.75, 3.05) is 6.61 Å². The van der Waals surface area contributed by atoms with Gasteiger partial charge in [-0.1, -0.05) is 29.8 Å². The van der Waals surface area contributed by atoms with Crippen molar-refractivity contribution in [2.24, 2.45) is 5.92 Å². The number of carboxylic acid groups (broad SMARTS) is 1. The minimum absolute atomic E-state index is 0.233. The predicted octanol–water partition coefficient (Wildman–Crippen LogP) is 4.09. The molecule has 0 radical (unpaired) electrons. The molecule has 0 spiro atoms. The van der Waals surface area contributed by atoms with E-state index in [1.807, 2.05) is 18.2 Å². The van der Waals surface area contributed by atoms with Crippen LogP contribution in [0.1, 0.15) is 25.1 Å². The fourth-order valence-corrected chi connectivity index (χ4v) is 2.42. The summed E-state index contributed by atoms with van der Waals surface area (Å²) < 4.78 is 13.2. The van der Waals surface area contributed by atoms with Crippen molar-refractivity contribution < 1.29 is 19.4 Å². The van der Waals surface area contributed by atoms with E-state index in [2.05, 4.69) is 39.6 Å². The van der Waals surface area contributed by atoms with E-state index in [9.17, 15) is 4.79 Å². The number of ether oxygens (including phenoxy) is 2. The minimum Gasteiger partial charge on any atom is -0.493 e. The van der Waals surface area contributed by atoms with Crippen molar-refractivity contribution in [1.82, 2.24) is 9.78 Å². The van der Waals surface area contributed by atoms with Crippen molar-refractivity contribution in [3.05, 3.63) is 40.1 Å². The fraction of sp³-hybridized carbons (Fsp3) is 0.375. The summed E-state index contributed by atoms with van der Waals surface area (Å²) in [5, 5.41) is 12.9. The molecule has 6 nitrogen and oxygen atoms in total. The number of nitrogens with zero attached hydrogens (tertiary/aromatic N) is 2. The van der Waals surface area contributed by atoms with Gasteiger partial charge in [0, 0.05) is 10.0 Å². The van der Waals surface area contributed by atoms with Gasteiger partial charge in [0.05, 0.1) is 25.0 Å². The molecule has 1 aromatic heterocycles. The second-order valence-electron chi connectivity index (χ2n) is 5.58. The summed E-state index contributed by atoms with van der Waals surface area (Å²) in [5.74, 6) is 1.45. The van der Waals surface area contributed by atoms with E-state index in [1.54, 1.807) is 11.6 Å². The first kappa shape index (κ1) is 17.3. The molecule has 0 saturated carbocycles. The van der Waals surface area contributed by atoms with Crippen LogP contribution < -0.4 is 9.47 Å². The van der Waals surface area contributed by atoms with E-state index >= 15 is 0 Å². The number of benzene rings is 1. The molecule has 1 N–H and O–H groups in total. The van der Waals surface area contributed by atoms with E-state index in [0.29, 0.717) is 24.8 Å². The average molecular weight is 383 g/mol. The van der Waals surface area contributed by atoms with E-state index < -0.39 is 6.16 Å². The van der Waals surface area contributed by atoms with Crippen LogP contribution in [0, 0.1) is 12.8 Å². The molecule has 0 amide bonds. The maximum absolute atomic E-state index is 10.7. The van der Waals surface area contributed by atoms with Crippen LogP contribution >= 0.6 is 15.9 Å². The Balaban J connectivity index is 2.23. The number of halogens is 1. The lowest BCUT2D eigenvalue weighted by molar-refractivity contribution is 0.144. The molecule has 7 heteroatoms. The van der Waals surface area contributed by atoms with Crippen LogP contribution in [0.15, 0.2) is 28.9 Å². The van der Waals surface area contributed by atoms with Crippen LogP contribution in [0.3, 0.4) is 0 Å². The second-order valence-corrected chi connectivity index (χ2v) is 6.49. The van der Waals surface area contributed by atoms with Crippen molar-refractivity contribution in [3.63, 3.8) is 0 Å². The average Bonchev–Trinajstić information content (AvgIpc) is 2.79. The van der Waals surface area contributed by atoms with Gasteiger partial charge in [0.15, 0.2) is 5.75 Å². The highest BCUT2D eigenvalue weighted by Crippen LogP contribution is 2.26. The van der Waals surface area contributed by atoms with Gasteiger partial charge in [0.25, 0.3) is 0 Å². The van der Waals surface area contributed by atoms with Crippen LogP contribution in [0.2, 0.25) is 0 Å². The van der Waals surface area contributed by atoms with Crippen molar-refractivity contribution in [2.45, 2.75) is 27.3 Å². The Bertz CT molecular complexity index is 697. The first-order chi connectivity index (χ1) is 10.9. The van der Waals surface area contributed by atoms with Gasteiger partial charge in [0.2, 0.25) is 0 Å². The Labute approximate surface area is 143 Å². The molecule has 0 aliphatic carbocycles. The molecular weight excluding hydrogens is 364 g/mol. The van der Waals surface area contributed by atoms with Crippen molar-refractivity contribution in [3.8, 4) is 11.5 Å². The van der Waals surface area contributed by atoms with Crippen molar-refractivity contribution in [1.29, 1.82) is 0 Å². The topological polar surface area (TPSA) is 73.6 Å². The lowest BCUT2D eigenvalue weighted by Gasteiger charge is -2.14. The third-order valence-corrected chi connectivity index (χ3v) is 3.66. The summed E-state index contributed by atoms with van der Waals surface area (Å²) in [6.45, 7) is 7.02. The Hall–Kier alpha value is -2.02. The number of hydrogen-bond acceptors (Lipinski definition) is 4. The van der Waals surface area contributed by atoms with Gasteiger partial charge in [0.1, 0.15) is 5.75 Å². The summed E-state index contributed by atoms with van der Waals surface area (Å²) in [5.41, 5.74) is 1.59. The molecule has 0 bridgehead atoms. The molecule has 1 aromatic carbocycles.